The molecule has 0 aromatic heterocycles. The summed E-state index contributed by atoms with van der Waals surface area (Å²) in [6.07, 6.45) is 0.107. The molecule has 0 radical (unpaired) electrons. The second-order valence-electron chi connectivity index (χ2n) is 7.00. The molecule has 0 bridgehead atoms. The Morgan fingerprint density at radius 3 is 2.54 bits per heavy atom. The van der Waals surface area contributed by atoms with Gasteiger partial charge in [0.1, 0.15) is 0 Å². The highest BCUT2D eigenvalue weighted by Gasteiger charge is 2.38. The molecule has 1 heterocycles. The number of esters is 1. The van der Waals surface area contributed by atoms with Gasteiger partial charge in [-0.05, 0) is 31.0 Å². The highest BCUT2D eigenvalue weighted by Crippen LogP contribution is 2.29. The highest BCUT2D eigenvalue weighted by molar-refractivity contribution is 5.94. The molecule has 1 N–H and O–H groups in total. The standard InChI is InChI=1S/C22H24N2O4/c1-15-8-6-7-11-19(15)23-20(25)14-28-22(27)18-12-21(26)24(13-18)16(2)17-9-4-3-5-10-17/h3-11,16,18H,12-14H2,1-2H3,(H,23,25)/t16-,18-/m0/s1. The second kappa shape index (κ2) is 8.69. The Hall–Kier alpha value is -3.15. The molecule has 1 aliphatic heterocycles. The van der Waals surface area contributed by atoms with Crippen LogP contribution in [0.5, 0.6) is 0 Å². The Morgan fingerprint density at radius 2 is 1.82 bits per heavy atom. The van der Waals surface area contributed by atoms with Gasteiger partial charge in [0.05, 0.1) is 12.0 Å². The molecule has 2 aromatic carbocycles. The fourth-order valence-electron chi connectivity index (χ4n) is 3.33. The molecule has 3 rings (SSSR count). The van der Waals surface area contributed by atoms with Crippen molar-refractivity contribution in [3.63, 3.8) is 0 Å². The number of amides is 2. The van der Waals surface area contributed by atoms with Gasteiger partial charge in [-0.25, -0.2) is 0 Å². The summed E-state index contributed by atoms with van der Waals surface area (Å²) in [5.74, 6) is -1.55. The molecule has 0 aliphatic carbocycles. The minimum Gasteiger partial charge on any atom is -0.455 e. The number of hydrogen-bond acceptors (Lipinski definition) is 4. The monoisotopic (exact) mass is 380 g/mol. The van der Waals surface area contributed by atoms with E-state index < -0.39 is 17.8 Å². The number of nitrogens with one attached hydrogen (secondary N) is 1. The van der Waals surface area contributed by atoms with Gasteiger partial charge >= 0.3 is 5.97 Å². The van der Waals surface area contributed by atoms with Crippen LogP contribution >= 0.6 is 0 Å². The van der Waals surface area contributed by atoms with E-state index in [2.05, 4.69) is 5.32 Å². The van der Waals surface area contributed by atoms with Crippen molar-refractivity contribution in [1.82, 2.24) is 4.90 Å². The van der Waals surface area contributed by atoms with Crippen LogP contribution in [0.2, 0.25) is 0 Å². The van der Waals surface area contributed by atoms with Gasteiger partial charge in [-0.2, -0.15) is 0 Å². The third-order valence-electron chi connectivity index (χ3n) is 5.01. The number of nitrogens with zero attached hydrogens (tertiary/aromatic N) is 1. The molecule has 1 fully saturated rings. The third-order valence-corrected chi connectivity index (χ3v) is 5.01. The van der Waals surface area contributed by atoms with E-state index in [4.69, 9.17) is 4.74 Å². The van der Waals surface area contributed by atoms with Crippen molar-refractivity contribution in [3.05, 3.63) is 65.7 Å². The number of aryl methyl sites for hydroxylation is 1. The van der Waals surface area contributed by atoms with E-state index in [1.54, 1.807) is 11.0 Å². The number of anilines is 1. The molecular formula is C22H24N2O4. The van der Waals surface area contributed by atoms with E-state index in [1.165, 1.54) is 0 Å². The third kappa shape index (κ3) is 4.57. The van der Waals surface area contributed by atoms with Gasteiger partial charge in [-0.15, -0.1) is 0 Å². The van der Waals surface area contributed by atoms with Crippen molar-refractivity contribution in [2.45, 2.75) is 26.3 Å². The lowest BCUT2D eigenvalue weighted by molar-refractivity contribution is -0.151. The predicted molar refractivity (Wildman–Crippen MR) is 105 cm³/mol. The maximum atomic E-state index is 12.4. The maximum absolute atomic E-state index is 12.4. The van der Waals surface area contributed by atoms with E-state index in [-0.39, 0.29) is 25.0 Å². The van der Waals surface area contributed by atoms with Crippen molar-refractivity contribution in [1.29, 1.82) is 0 Å². The van der Waals surface area contributed by atoms with Crippen LogP contribution in [0, 0.1) is 12.8 Å². The summed E-state index contributed by atoms with van der Waals surface area (Å²) < 4.78 is 5.15. The summed E-state index contributed by atoms with van der Waals surface area (Å²) in [5, 5.41) is 2.72. The smallest absolute Gasteiger partial charge is 0.311 e. The van der Waals surface area contributed by atoms with Crippen molar-refractivity contribution < 1.29 is 19.1 Å². The lowest BCUT2D eigenvalue weighted by atomic mass is 10.1. The maximum Gasteiger partial charge on any atom is 0.311 e. The number of hydrogen-bond donors (Lipinski definition) is 1. The van der Waals surface area contributed by atoms with Crippen LogP contribution in [-0.4, -0.2) is 35.8 Å². The minimum absolute atomic E-state index is 0.0809. The molecule has 2 amide bonds. The zero-order chi connectivity index (χ0) is 20.1. The number of ether oxygens (including phenoxy) is 1. The SMILES string of the molecule is Cc1ccccc1NC(=O)COC(=O)[C@H]1CC(=O)N([C@@H](C)c2ccccc2)C1. The first-order valence-corrected chi connectivity index (χ1v) is 9.32. The lowest BCUT2D eigenvalue weighted by Gasteiger charge is -2.25. The fourth-order valence-corrected chi connectivity index (χ4v) is 3.33. The summed E-state index contributed by atoms with van der Waals surface area (Å²) in [6, 6.07) is 16.9. The van der Waals surface area contributed by atoms with E-state index in [9.17, 15) is 14.4 Å². The average molecular weight is 380 g/mol. The predicted octanol–water partition coefficient (Wildman–Crippen LogP) is 3.09. The Morgan fingerprint density at radius 1 is 1.14 bits per heavy atom. The lowest BCUT2D eigenvalue weighted by Crippen LogP contribution is -2.30. The number of para-hydroxylation sites is 1. The van der Waals surface area contributed by atoms with Crippen LogP contribution in [0.4, 0.5) is 5.69 Å². The van der Waals surface area contributed by atoms with Crippen LogP contribution in [0.15, 0.2) is 54.6 Å². The molecule has 0 unspecified atom stereocenters. The van der Waals surface area contributed by atoms with Crippen LogP contribution in [0.1, 0.15) is 30.5 Å². The van der Waals surface area contributed by atoms with Gasteiger partial charge in [0.2, 0.25) is 5.91 Å². The summed E-state index contributed by atoms with van der Waals surface area (Å²) in [7, 11) is 0. The average Bonchev–Trinajstić information content (AvgIpc) is 3.10. The second-order valence-corrected chi connectivity index (χ2v) is 7.00. The van der Waals surface area contributed by atoms with Crippen molar-refractivity contribution in [3.8, 4) is 0 Å². The van der Waals surface area contributed by atoms with Gasteiger partial charge in [-0.1, -0.05) is 48.5 Å². The number of rotatable bonds is 6. The first-order valence-electron chi connectivity index (χ1n) is 9.32. The largest absolute Gasteiger partial charge is 0.455 e. The summed E-state index contributed by atoms with van der Waals surface area (Å²) in [4.78, 5) is 38.4. The van der Waals surface area contributed by atoms with Gasteiger partial charge in [-0.3, -0.25) is 14.4 Å². The Bertz CT molecular complexity index is 866. The molecule has 2 aromatic rings. The number of benzene rings is 2. The van der Waals surface area contributed by atoms with Crippen LogP contribution in [0.25, 0.3) is 0 Å². The van der Waals surface area contributed by atoms with E-state index >= 15 is 0 Å². The van der Waals surface area contributed by atoms with E-state index in [1.807, 2.05) is 62.4 Å². The van der Waals surface area contributed by atoms with Gasteiger partial charge < -0.3 is 15.0 Å². The van der Waals surface area contributed by atoms with Crippen molar-refractivity contribution in [2.24, 2.45) is 5.92 Å². The van der Waals surface area contributed by atoms with Gasteiger partial charge in [0.25, 0.3) is 5.91 Å². The van der Waals surface area contributed by atoms with Crippen LogP contribution in [0.3, 0.4) is 0 Å². The molecule has 1 aliphatic rings. The molecule has 1 saturated heterocycles. The number of carbonyl (C=O) groups excluding carboxylic acids is 3. The summed E-state index contributed by atoms with van der Waals surface area (Å²) in [6.45, 7) is 3.75. The molecule has 146 valence electrons. The molecular weight excluding hydrogens is 356 g/mol. The minimum atomic E-state index is -0.551. The van der Waals surface area contributed by atoms with Gasteiger partial charge in [0, 0.05) is 18.7 Å². The Labute approximate surface area is 164 Å². The highest BCUT2D eigenvalue weighted by atomic mass is 16.5. The molecule has 0 spiro atoms. The molecule has 2 atom stereocenters. The van der Waals surface area contributed by atoms with E-state index in [0.717, 1.165) is 11.1 Å². The Kier molecular flexibility index (Phi) is 6.09. The summed E-state index contributed by atoms with van der Waals surface area (Å²) >= 11 is 0. The fraction of sp³-hybridized carbons (Fsp3) is 0.318. The topological polar surface area (TPSA) is 75.7 Å². The van der Waals surface area contributed by atoms with Crippen molar-refractivity contribution in [2.75, 3.05) is 18.5 Å². The normalized spacial score (nSPS) is 17.3. The molecule has 6 nitrogen and oxygen atoms in total. The zero-order valence-electron chi connectivity index (χ0n) is 16.1. The molecule has 6 heteroatoms. The van der Waals surface area contributed by atoms with E-state index in [0.29, 0.717) is 12.2 Å². The van der Waals surface area contributed by atoms with Crippen LogP contribution in [-0.2, 0) is 19.1 Å². The zero-order valence-corrected chi connectivity index (χ0v) is 16.1. The summed E-state index contributed by atoms with van der Waals surface area (Å²) in [5.41, 5.74) is 2.62. The number of carbonyl (C=O) groups is 3. The molecule has 28 heavy (non-hydrogen) atoms. The first kappa shape index (κ1) is 19.6. The quantitative estimate of drug-likeness (QED) is 0.782. The number of likely N-dealkylation sites (tertiary alicyclic amines) is 1. The van der Waals surface area contributed by atoms with Crippen molar-refractivity contribution >= 4 is 23.5 Å². The Balaban J connectivity index is 1.52. The van der Waals surface area contributed by atoms with Crippen LogP contribution < -0.4 is 5.32 Å². The molecule has 0 saturated carbocycles. The van der Waals surface area contributed by atoms with Gasteiger partial charge in [0.15, 0.2) is 6.61 Å². The first-order chi connectivity index (χ1) is 13.5.